The summed E-state index contributed by atoms with van der Waals surface area (Å²) < 4.78 is 5.00. The summed E-state index contributed by atoms with van der Waals surface area (Å²) >= 11 is 0. The van der Waals surface area contributed by atoms with Crippen molar-refractivity contribution in [2.75, 3.05) is 33.0 Å². The third kappa shape index (κ3) is 5.17. The van der Waals surface area contributed by atoms with E-state index >= 15 is 0 Å². The van der Waals surface area contributed by atoms with Gasteiger partial charge in [0.05, 0.1) is 33.0 Å². The van der Waals surface area contributed by atoms with E-state index in [2.05, 4.69) is 0 Å². The highest BCUT2D eigenvalue weighted by molar-refractivity contribution is 4.71. The number of hydrogen-bond donors (Lipinski definition) is 4. The Labute approximate surface area is 77.6 Å². The molecule has 0 aliphatic heterocycles. The van der Waals surface area contributed by atoms with Crippen LogP contribution in [0.5, 0.6) is 0 Å². The first-order valence-electron chi connectivity index (χ1n) is 4.16. The van der Waals surface area contributed by atoms with Crippen LogP contribution in [0.2, 0.25) is 0 Å². The van der Waals surface area contributed by atoms with Crippen LogP contribution in [0.3, 0.4) is 0 Å². The third-order valence-electron chi connectivity index (χ3n) is 1.73. The average Bonchev–Trinajstić information content (AvgIpc) is 2.17. The Morgan fingerprint density at radius 2 is 1.77 bits per heavy atom. The van der Waals surface area contributed by atoms with Gasteiger partial charge in [-0.25, -0.2) is 0 Å². The molecule has 1 unspecified atom stereocenters. The second-order valence-corrected chi connectivity index (χ2v) is 3.48. The van der Waals surface area contributed by atoms with Crippen LogP contribution < -0.4 is 0 Å². The molecule has 0 rings (SSSR count). The minimum Gasteiger partial charge on any atom is -0.396 e. The number of hydrogen-bond acceptors (Lipinski definition) is 5. The van der Waals surface area contributed by atoms with E-state index in [4.69, 9.17) is 25.2 Å². The Bertz CT molecular complexity index is 124. The molecule has 0 aliphatic rings. The lowest BCUT2D eigenvalue weighted by Gasteiger charge is -2.24. The van der Waals surface area contributed by atoms with Gasteiger partial charge in [-0.2, -0.15) is 0 Å². The molecule has 0 fully saturated rings. The van der Waals surface area contributed by atoms with Crippen LogP contribution in [0.25, 0.3) is 0 Å². The largest absolute Gasteiger partial charge is 0.396 e. The Kier molecular flexibility index (Phi) is 6.19. The fourth-order valence-electron chi connectivity index (χ4n) is 0.635. The van der Waals surface area contributed by atoms with E-state index in [0.29, 0.717) is 0 Å². The summed E-state index contributed by atoms with van der Waals surface area (Å²) in [6.07, 6.45) is -0.901. The van der Waals surface area contributed by atoms with Gasteiger partial charge in [0, 0.05) is 5.41 Å². The first-order valence-corrected chi connectivity index (χ1v) is 4.16. The third-order valence-corrected chi connectivity index (χ3v) is 1.73. The van der Waals surface area contributed by atoms with Crippen molar-refractivity contribution in [3.05, 3.63) is 0 Å². The van der Waals surface area contributed by atoms with Gasteiger partial charge in [-0.1, -0.05) is 6.92 Å². The summed E-state index contributed by atoms with van der Waals surface area (Å²) in [5, 5.41) is 35.1. The molecule has 0 amide bonds. The lowest BCUT2D eigenvalue weighted by Crippen LogP contribution is -2.33. The summed E-state index contributed by atoms with van der Waals surface area (Å²) in [7, 11) is 0. The minimum absolute atomic E-state index is 0.00604. The highest BCUT2D eigenvalue weighted by Gasteiger charge is 2.22. The van der Waals surface area contributed by atoms with Crippen molar-refractivity contribution in [2.45, 2.75) is 13.0 Å². The van der Waals surface area contributed by atoms with Gasteiger partial charge in [-0.3, -0.25) is 0 Å². The molecule has 80 valence electrons. The normalized spacial score (nSPS) is 14.5. The van der Waals surface area contributed by atoms with Crippen molar-refractivity contribution in [3.8, 4) is 0 Å². The van der Waals surface area contributed by atoms with Gasteiger partial charge in [-0.05, 0) is 0 Å². The molecule has 0 spiro atoms. The van der Waals surface area contributed by atoms with E-state index < -0.39 is 11.5 Å². The Morgan fingerprint density at radius 1 is 1.23 bits per heavy atom. The molecule has 0 aromatic carbocycles. The molecule has 0 aromatic rings. The maximum absolute atomic E-state index is 8.90. The molecule has 0 aliphatic carbocycles. The zero-order valence-electron chi connectivity index (χ0n) is 7.81. The van der Waals surface area contributed by atoms with Gasteiger partial charge in [0.2, 0.25) is 0 Å². The maximum Gasteiger partial charge on any atom is 0.100 e. The van der Waals surface area contributed by atoms with Gasteiger partial charge in [0.25, 0.3) is 0 Å². The van der Waals surface area contributed by atoms with E-state index in [1.165, 1.54) is 0 Å². The van der Waals surface area contributed by atoms with E-state index in [1.54, 1.807) is 6.92 Å². The molecule has 0 aromatic heterocycles. The molecular formula is C8H18O5. The lowest BCUT2D eigenvalue weighted by molar-refractivity contribution is -0.0510. The quantitative estimate of drug-likeness (QED) is 0.390. The molecule has 0 saturated heterocycles. The number of ether oxygens (including phenoxy) is 1. The van der Waals surface area contributed by atoms with Crippen LogP contribution in [0.1, 0.15) is 6.92 Å². The molecule has 0 heterocycles. The van der Waals surface area contributed by atoms with Crippen molar-refractivity contribution in [3.63, 3.8) is 0 Å². The van der Waals surface area contributed by atoms with Crippen LogP contribution in [0.4, 0.5) is 0 Å². The zero-order chi connectivity index (χ0) is 10.3. The number of rotatable bonds is 7. The molecule has 5 nitrogen and oxygen atoms in total. The Balaban J connectivity index is 3.61. The van der Waals surface area contributed by atoms with Crippen molar-refractivity contribution in [2.24, 2.45) is 5.41 Å². The molecular weight excluding hydrogens is 176 g/mol. The summed E-state index contributed by atoms with van der Waals surface area (Å²) in [6, 6.07) is 0. The highest BCUT2D eigenvalue weighted by atomic mass is 16.5. The predicted octanol–water partition coefficient (Wildman–Crippen LogP) is -1.65. The van der Waals surface area contributed by atoms with Crippen LogP contribution in [0, 0.1) is 5.41 Å². The minimum atomic E-state index is -0.901. The standard InChI is InChI=1S/C8H18O5/c1-8(4-10,5-11)6-13-3-7(12)2-9/h7,9-12H,2-6H2,1H3. The molecule has 0 radical (unpaired) electrons. The number of aliphatic hydroxyl groups is 4. The van der Waals surface area contributed by atoms with Gasteiger partial charge >= 0.3 is 0 Å². The monoisotopic (exact) mass is 194 g/mol. The van der Waals surface area contributed by atoms with Crippen LogP contribution >= 0.6 is 0 Å². The summed E-state index contributed by atoms with van der Waals surface area (Å²) in [4.78, 5) is 0. The van der Waals surface area contributed by atoms with E-state index in [-0.39, 0.29) is 33.0 Å². The second kappa shape index (κ2) is 6.28. The molecule has 4 N–H and O–H groups in total. The highest BCUT2D eigenvalue weighted by Crippen LogP contribution is 2.14. The SMILES string of the molecule is CC(CO)(CO)COCC(O)CO. The molecule has 0 saturated carbocycles. The molecule has 0 bridgehead atoms. The van der Waals surface area contributed by atoms with Crippen molar-refractivity contribution in [1.29, 1.82) is 0 Å². The maximum atomic E-state index is 8.90. The second-order valence-electron chi connectivity index (χ2n) is 3.48. The number of aliphatic hydroxyl groups excluding tert-OH is 4. The summed E-state index contributed by atoms with van der Waals surface area (Å²) in [5.74, 6) is 0. The molecule has 5 heteroatoms. The van der Waals surface area contributed by atoms with Crippen LogP contribution in [-0.2, 0) is 4.74 Å². The van der Waals surface area contributed by atoms with Gasteiger partial charge < -0.3 is 25.2 Å². The first-order chi connectivity index (χ1) is 6.08. The van der Waals surface area contributed by atoms with Crippen molar-refractivity contribution < 1.29 is 25.2 Å². The predicted molar refractivity (Wildman–Crippen MR) is 46.2 cm³/mol. The Hall–Kier alpha value is -0.200. The molecule has 13 heavy (non-hydrogen) atoms. The fraction of sp³-hybridized carbons (Fsp3) is 1.00. The first kappa shape index (κ1) is 12.8. The van der Waals surface area contributed by atoms with Gasteiger partial charge in [0.1, 0.15) is 6.10 Å². The Morgan fingerprint density at radius 3 is 2.15 bits per heavy atom. The summed E-state index contributed by atoms with van der Waals surface area (Å²) in [6.45, 7) is 1.11. The van der Waals surface area contributed by atoms with Crippen LogP contribution in [-0.4, -0.2) is 59.6 Å². The lowest BCUT2D eigenvalue weighted by atomic mass is 9.95. The van der Waals surface area contributed by atoms with Crippen LogP contribution in [0.15, 0.2) is 0 Å². The smallest absolute Gasteiger partial charge is 0.100 e. The summed E-state index contributed by atoms with van der Waals surface area (Å²) in [5.41, 5.74) is -0.685. The van der Waals surface area contributed by atoms with Crippen molar-refractivity contribution in [1.82, 2.24) is 0 Å². The van der Waals surface area contributed by atoms with E-state index in [9.17, 15) is 0 Å². The topological polar surface area (TPSA) is 90.2 Å². The fourth-order valence-corrected chi connectivity index (χ4v) is 0.635. The zero-order valence-corrected chi connectivity index (χ0v) is 7.81. The molecule has 1 atom stereocenters. The average molecular weight is 194 g/mol. The van der Waals surface area contributed by atoms with Gasteiger partial charge in [-0.15, -0.1) is 0 Å². The van der Waals surface area contributed by atoms with Gasteiger partial charge in [0.15, 0.2) is 0 Å². The van der Waals surface area contributed by atoms with Crippen molar-refractivity contribution >= 4 is 0 Å². The van der Waals surface area contributed by atoms with E-state index in [0.717, 1.165) is 0 Å². The van der Waals surface area contributed by atoms with E-state index in [1.807, 2.05) is 0 Å².